The first-order valence-electron chi connectivity index (χ1n) is 4.03. The van der Waals surface area contributed by atoms with Crippen LogP contribution in [0.3, 0.4) is 0 Å². The van der Waals surface area contributed by atoms with Crippen LogP contribution in [0, 0.1) is 0 Å². The number of anilines is 1. The fourth-order valence-electron chi connectivity index (χ4n) is 1.13. The molecule has 0 bridgehead atoms. The first-order chi connectivity index (χ1) is 6.81. The van der Waals surface area contributed by atoms with Crippen LogP contribution in [-0.2, 0) is 0 Å². The van der Waals surface area contributed by atoms with Crippen LogP contribution in [0.4, 0.5) is 5.69 Å². The number of aromatic amines is 1. The molecule has 0 spiro atoms. The van der Waals surface area contributed by atoms with E-state index in [0.29, 0.717) is 11.4 Å². The summed E-state index contributed by atoms with van der Waals surface area (Å²) in [5.74, 6) is 0.720. The van der Waals surface area contributed by atoms with Gasteiger partial charge in [-0.2, -0.15) is 0 Å². The quantitative estimate of drug-likeness (QED) is 0.504. The van der Waals surface area contributed by atoms with Gasteiger partial charge in [0.25, 0.3) is 6.33 Å². The van der Waals surface area contributed by atoms with Gasteiger partial charge >= 0.3 is 0 Å². The van der Waals surface area contributed by atoms with Crippen molar-refractivity contribution < 1.29 is 9.53 Å². The van der Waals surface area contributed by atoms with E-state index in [2.05, 4.69) is 15.4 Å². The third-order valence-electron chi connectivity index (χ3n) is 1.84. The summed E-state index contributed by atoms with van der Waals surface area (Å²) in [6, 6.07) is 5.32. The number of rotatable bonds is 2. The summed E-state index contributed by atoms with van der Waals surface area (Å²) in [4.78, 5) is 1.47. The number of benzene rings is 1. The van der Waals surface area contributed by atoms with E-state index < -0.39 is 0 Å². The Kier molecular flexibility index (Phi) is 2.02. The summed E-state index contributed by atoms with van der Waals surface area (Å²) in [6.07, 6.45) is 1.40. The molecule has 6 nitrogen and oxygen atoms in total. The molecule has 3 N–H and O–H groups in total. The summed E-state index contributed by atoms with van der Waals surface area (Å²) in [5, 5.41) is 10.3. The minimum atomic E-state index is 0.604. The van der Waals surface area contributed by atoms with Crippen molar-refractivity contribution in [2.45, 2.75) is 0 Å². The molecule has 72 valence electrons. The third kappa shape index (κ3) is 1.37. The second-order valence-corrected chi connectivity index (χ2v) is 2.70. The molecule has 0 aliphatic heterocycles. The first-order valence-corrected chi connectivity index (χ1v) is 4.03. The lowest BCUT2D eigenvalue weighted by molar-refractivity contribution is -0.716. The molecular formula is C8H10N5O+. The van der Waals surface area contributed by atoms with Gasteiger partial charge in [-0.05, 0) is 27.2 Å². The number of nitrogens with one attached hydrogen (secondary N) is 1. The van der Waals surface area contributed by atoms with Gasteiger partial charge in [0.2, 0.25) is 5.69 Å². The molecule has 0 saturated heterocycles. The molecule has 0 amide bonds. The van der Waals surface area contributed by atoms with Gasteiger partial charge in [0.1, 0.15) is 5.75 Å². The monoisotopic (exact) mass is 192 g/mol. The lowest BCUT2D eigenvalue weighted by Gasteiger charge is -2.01. The third-order valence-corrected chi connectivity index (χ3v) is 1.84. The Morgan fingerprint density at radius 2 is 2.36 bits per heavy atom. The molecule has 1 aromatic heterocycles. The van der Waals surface area contributed by atoms with Crippen molar-refractivity contribution in [2.75, 3.05) is 12.8 Å². The van der Waals surface area contributed by atoms with Crippen molar-refractivity contribution in [3.63, 3.8) is 0 Å². The van der Waals surface area contributed by atoms with Crippen LogP contribution < -0.4 is 15.3 Å². The fourth-order valence-corrected chi connectivity index (χ4v) is 1.13. The molecule has 0 unspecified atom stereocenters. The number of methoxy groups -OCH3 is 1. The Labute approximate surface area is 80.3 Å². The fraction of sp³-hybridized carbons (Fsp3) is 0.125. The molecule has 14 heavy (non-hydrogen) atoms. The van der Waals surface area contributed by atoms with E-state index in [1.165, 1.54) is 11.1 Å². The van der Waals surface area contributed by atoms with Crippen LogP contribution in [0.1, 0.15) is 0 Å². The predicted molar refractivity (Wildman–Crippen MR) is 48.9 cm³/mol. The van der Waals surface area contributed by atoms with Crippen LogP contribution in [-0.4, -0.2) is 22.5 Å². The van der Waals surface area contributed by atoms with Crippen molar-refractivity contribution in [3.8, 4) is 11.4 Å². The van der Waals surface area contributed by atoms with Gasteiger partial charge in [0, 0.05) is 6.07 Å². The number of ether oxygens (including phenoxy) is 1. The average Bonchev–Trinajstić information content (AvgIpc) is 2.71. The molecule has 1 aromatic carbocycles. The maximum Gasteiger partial charge on any atom is 0.297 e. The number of hydrogen-bond donors (Lipinski definition) is 2. The van der Waals surface area contributed by atoms with Gasteiger partial charge in [0.05, 0.1) is 17.9 Å². The molecular weight excluding hydrogens is 182 g/mol. The molecule has 0 atom stereocenters. The van der Waals surface area contributed by atoms with Crippen LogP contribution in [0.15, 0.2) is 24.5 Å². The van der Waals surface area contributed by atoms with Crippen molar-refractivity contribution in [1.82, 2.24) is 15.4 Å². The van der Waals surface area contributed by atoms with Gasteiger partial charge in [-0.25, -0.2) is 0 Å². The second kappa shape index (κ2) is 3.33. The maximum absolute atomic E-state index is 5.77. The molecule has 2 aromatic rings. The summed E-state index contributed by atoms with van der Waals surface area (Å²) < 4.78 is 5.08. The van der Waals surface area contributed by atoms with Crippen molar-refractivity contribution >= 4 is 5.69 Å². The number of hydrogen-bond acceptors (Lipinski definition) is 4. The van der Waals surface area contributed by atoms with Crippen LogP contribution in [0.2, 0.25) is 0 Å². The Morgan fingerprint density at radius 1 is 1.50 bits per heavy atom. The molecule has 6 heteroatoms. The highest BCUT2D eigenvalue weighted by Crippen LogP contribution is 2.18. The van der Waals surface area contributed by atoms with Crippen LogP contribution >= 0.6 is 0 Å². The zero-order valence-electron chi connectivity index (χ0n) is 7.64. The topological polar surface area (TPSA) is 80.7 Å². The van der Waals surface area contributed by atoms with Gasteiger partial charge in [0.15, 0.2) is 0 Å². The molecule has 2 rings (SSSR count). The van der Waals surface area contributed by atoms with E-state index >= 15 is 0 Å². The largest absolute Gasteiger partial charge is 0.497 e. The molecule has 0 radical (unpaired) electrons. The van der Waals surface area contributed by atoms with Crippen LogP contribution in [0.25, 0.3) is 5.69 Å². The van der Waals surface area contributed by atoms with E-state index in [0.717, 1.165) is 5.75 Å². The molecule has 0 aliphatic rings. The van der Waals surface area contributed by atoms with Crippen LogP contribution in [0.5, 0.6) is 5.75 Å². The lowest BCUT2D eigenvalue weighted by Crippen LogP contribution is -2.36. The Balaban J connectivity index is 2.51. The zero-order valence-corrected chi connectivity index (χ0v) is 7.64. The molecule has 1 heterocycles. The normalized spacial score (nSPS) is 10.1. The van der Waals surface area contributed by atoms with E-state index in [-0.39, 0.29) is 0 Å². The summed E-state index contributed by atoms with van der Waals surface area (Å²) >= 11 is 0. The smallest absolute Gasteiger partial charge is 0.297 e. The van der Waals surface area contributed by atoms with Gasteiger partial charge < -0.3 is 10.5 Å². The Bertz CT molecular complexity index is 425. The maximum atomic E-state index is 5.77. The molecule has 0 fully saturated rings. The minimum absolute atomic E-state index is 0.604. The number of nitrogen functional groups attached to an aromatic ring is 1. The highest BCUT2D eigenvalue weighted by molar-refractivity contribution is 5.55. The second-order valence-electron chi connectivity index (χ2n) is 2.70. The number of aromatic nitrogens is 4. The van der Waals surface area contributed by atoms with Gasteiger partial charge in [-0.1, -0.05) is 0 Å². The van der Waals surface area contributed by atoms with Crippen molar-refractivity contribution in [2.24, 2.45) is 0 Å². The summed E-state index contributed by atoms with van der Waals surface area (Å²) in [7, 11) is 1.60. The highest BCUT2D eigenvalue weighted by Gasteiger charge is 2.10. The number of nitrogens with zero attached hydrogens (tertiary/aromatic N) is 3. The predicted octanol–water partition coefficient (Wildman–Crippen LogP) is -0.328. The standard InChI is InChI=1S/C8H9N5O/c1-14-6-2-3-7(9)8(4-6)13-11-5-10-12-13/h2-5H,9H2,1H3/p+1. The molecule has 0 saturated carbocycles. The lowest BCUT2D eigenvalue weighted by atomic mass is 10.2. The Morgan fingerprint density at radius 3 is 3.00 bits per heavy atom. The van der Waals surface area contributed by atoms with Crippen molar-refractivity contribution in [1.29, 1.82) is 0 Å². The highest BCUT2D eigenvalue weighted by atomic mass is 16.5. The average molecular weight is 192 g/mol. The van der Waals surface area contributed by atoms with Gasteiger partial charge in [-0.15, -0.1) is 0 Å². The molecule has 0 aliphatic carbocycles. The minimum Gasteiger partial charge on any atom is -0.497 e. The summed E-state index contributed by atoms with van der Waals surface area (Å²) in [5.41, 5.74) is 7.09. The van der Waals surface area contributed by atoms with Crippen molar-refractivity contribution in [3.05, 3.63) is 24.5 Å². The van der Waals surface area contributed by atoms with E-state index in [1.807, 2.05) is 0 Å². The zero-order chi connectivity index (χ0) is 9.97. The number of nitrogens with two attached hydrogens (primary N) is 1. The summed E-state index contributed by atoms with van der Waals surface area (Å²) in [6.45, 7) is 0. The Hall–Kier alpha value is -2.11. The van der Waals surface area contributed by atoms with E-state index in [9.17, 15) is 0 Å². The first kappa shape index (κ1) is 8.49. The van der Waals surface area contributed by atoms with E-state index in [1.54, 1.807) is 25.3 Å². The number of H-pyrrole nitrogens is 1. The van der Waals surface area contributed by atoms with E-state index in [4.69, 9.17) is 10.5 Å². The SMILES string of the molecule is COc1ccc(N)c(-[n+]2ncn[nH]2)c1. The van der Waals surface area contributed by atoms with Gasteiger partial charge in [-0.3, -0.25) is 0 Å². The number of tetrazole rings is 1.